The first-order valence-corrected chi connectivity index (χ1v) is 6.08. The number of carboxylic acids is 1. The number of carboxylic acid groups (broad SMARTS) is 1. The summed E-state index contributed by atoms with van der Waals surface area (Å²) in [5.74, 6) is 0.380. The molecule has 3 N–H and O–H groups in total. The Balaban J connectivity index is 2.45. The first-order chi connectivity index (χ1) is 10.0. The molecule has 0 saturated carbocycles. The third kappa shape index (κ3) is 3.17. The van der Waals surface area contributed by atoms with Crippen LogP contribution in [0.15, 0.2) is 36.4 Å². The fourth-order valence-electron chi connectivity index (χ4n) is 1.80. The van der Waals surface area contributed by atoms with Crippen LogP contribution in [0.25, 0.3) is 0 Å². The van der Waals surface area contributed by atoms with Crippen molar-refractivity contribution in [2.75, 3.05) is 20.0 Å². The number of hydrogen-bond acceptors (Lipinski definition) is 5. The summed E-state index contributed by atoms with van der Waals surface area (Å²) in [6, 6.07) is 9.45. The van der Waals surface area contributed by atoms with E-state index in [2.05, 4.69) is 0 Å². The molecule has 0 bridgehead atoms. The molecule has 0 aliphatic rings. The molecule has 0 heterocycles. The summed E-state index contributed by atoms with van der Waals surface area (Å²) in [5, 5.41) is 9.18. The van der Waals surface area contributed by atoms with Crippen LogP contribution in [0.4, 0.5) is 5.69 Å². The molecule has 0 unspecified atom stereocenters. The van der Waals surface area contributed by atoms with E-state index in [1.807, 2.05) is 0 Å². The van der Waals surface area contributed by atoms with Gasteiger partial charge < -0.3 is 25.1 Å². The van der Waals surface area contributed by atoms with Gasteiger partial charge in [0.05, 0.1) is 19.9 Å². The summed E-state index contributed by atoms with van der Waals surface area (Å²) in [4.78, 5) is 11.2. The number of nitrogen functional groups attached to an aromatic ring is 1. The second-order valence-corrected chi connectivity index (χ2v) is 4.18. The lowest BCUT2D eigenvalue weighted by Crippen LogP contribution is -2.03. The highest BCUT2D eigenvalue weighted by Crippen LogP contribution is 2.35. The lowest BCUT2D eigenvalue weighted by molar-refractivity contribution is 0.0694. The topological polar surface area (TPSA) is 91.0 Å². The molecule has 6 nitrogen and oxygen atoms in total. The van der Waals surface area contributed by atoms with Gasteiger partial charge in [-0.15, -0.1) is 0 Å². The number of anilines is 1. The first kappa shape index (κ1) is 14.5. The summed E-state index contributed by atoms with van der Waals surface area (Å²) in [6.45, 7) is 0. The highest BCUT2D eigenvalue weighted by Gasteiger charge is 2.15. The number of aromatic carboxylic acids is 1. The van der Waals surface area contributed by atoms with Crippen LogP contribution in [0.2, 0.25) is 0 Å². The van der Waals surface area contributed by atoms with Gasteiger partial charge in [-0.2, -0.15) is 0 Å². The molecule has 21 heavy (non-hydrogen) atoms. The first-order valence-electron chi connectivity index (χ1n) is 6.08. The molecule has 0 saturated heterocycles. The lowest BCUT2D eigenvalue weighted by atomic mass is 10.1. The number of hydrogen-bond donors (Lipinski definition) is 2. The van der Waals surface area contributed by atoms with E-state index in [0.717, 1.165) is 0 Å². The Labute approximate surface area is 121 Å². The van der Waals surface area contributed by atoms with Gasteiger partial charge in [0.2, 0.25) is 0 Å². The number of methoxy groups -OCH3 is 2. The fourth-order valence-corrected chi connectivity index (χ4v) is 1.80. The van der Waals surface area contributed by atoms with Crippen LogP contribution in [-0.2, 0) is 0 Å². The van der Waals surface area contributed by atoms with E-state index in [1.54, 1.807) is 30.3 Å². The molecular weight excluding hydrogens is 274 g/mol. The predicted octanol–water partition coefficient (Wildman–Crippen LogP) is 2.78. The molecule has 2 aromatic rings. The van der Waals surface area contributed by atoms with E-state index in [-0.39, 0.29) is 17.0 Å². The van der Waals surface area contributed by atoms with Gasteiger partial charge in [0.15, 0.2) is 5.75 Å². The SMILES string of the molecule is COc1cc(OC)cc(Oc2c(N)cccc2C(=O)O)c1. The van der Waals surface area contributed by atoms with Crippen molar-refractivity contribution in [3.63, 3.8) is 0 Å². The fraction of sp³-hybridized carbons (Fsp3) is 0.133. The number of para-hydroxylation sites is 1. The van der Waals surface area contributed by atoms with Gasteiger partial charge >= 0.3 is 5.97 Å². The zero-order valence-corrected chi connectivity index (χ0v) is 11.6. The van der Waals surface area contributed by atoms with Crippen molar-refractivity contribution in [3.8, 4) is 23.0 Å². The lowest BCUT2D eigenvalue weighted by Gasteiger charge is -2.13. The molecule has 0 aromatic heterocycles. The molecule has 0 fully saturated rings. The van der Waals surface area contributed by atoms with Crippen LogP contribution >= 0.6 is 0 Å². The van der Waals surface area contributed by atoms with Crippen molar-refractivity contribution >= 4 is 11.7 Å². The Morgan fingerprint density at radius 3 is 2.14 bits per heavy atom. The average molecular weight is 289 g/mol. The Hall–Kier alpha value is -2.89. The second-order valence-electron chi connectivity index (χ2n) is 4.18. The minimum Gasteiger partial charge on any atom is -0.496 e. The van der Waals surface area contributed by atoms with Crippen molar-refractivity contribution in [3.05, 3.63) is 42.0 Å². The quantitative estimate of drug-likeness (QED) is 0.822. The number of rotatable bonds is 5. The molecule has 110 valence electrons. The van der Waals surface area contributed by atoms with Gasteiger partial charge in [-0.1, -0.05) is 6.07 Å². The van der Waals surface area contributed by atoms with Crippen LogP contribution in [0.1, 0.15) is 10.4 Å². The summed E-state index contributed by atoms with van der Waals surface area (Å²) in [6.07, 6.45) is 0. The monoisotopic (exact) mass is 289 g/mol. The van der Waals surface area contributed by atoms with E-state index in [4.69, 9.17) is 19.9 Å². The Bertz CT molecular complexity index is 647. The molecule has 0 amide bonds. The van der Waals surface area contributed by atoms with Gasteiger partial charge in [0, 0.05) is 18.2 Å². The zero-order chi connectivity index (χ0) is 15.4. The van der Waals surface area contributed by atoms with E-state index in [1.165, 1.54) is 20.3 Å². The molecule has 0 spiro atoms. The normalized spacial score (nSPS) is 10.0. The summed E-state index contributed by atoms with van der Waals surface area (Å²) < 4.78 is 15.9. The number of ether oxygens (including phenoxy) is 3. The van der Waals surface area contributed by atoms with Crippen LogP contribution in [0.5, 0.6) is 23.0 Å². The molecular formula is C15H15NO5. The summed E-state index contributed by atoms with van der Waals surface area (Å²) in [5.41, 5.74) is 6.01. The smallest absolute Gasteiger partial charge is 0.339 e. The maximum absolute atomic E-state index is 11.2. The van der Waals surface area contributed by atoms with Crippen molar-refractivity contribution in [1.82, 2.24) is 0 Å². The third-order valence-electron chi connectivity index (χ3n) is 2.82. The number of carbonyl (C=O) groups is 1. The molecule has 0 radical (unpaired) electrons. The molecule has 6 heteroatoms. The summed E-state index contributed by atoms with van der Waals surface area (Å²) >= 11 is 0. The Kier molecular flexibility index (Phi) is 4.18. The highest BCUT2D eigenvalue weighted by molar-refractivity contribution is 5.93. The van der Waals surface area contributed by atoms with E-state index < -0.39 is 5.97 Å². The van der Waals surface area contributed by atoms with E-state index in [0.29, 0.717) is 17.2 Å². The maximum atomic E-state index is 11.2. The van der Waals surface area contributed by atoms with E-state index in [9.17, 15) is 9.90 Å². The van der Waals surface area contributed by atoms with Gasteiger partial charge in [0.25, 0.3) is 0 Å². The molecule has 2 aromatic carbocycles. The van der Waals surface area contributed by atoms with Crippen molar-refractivity contribution in [2.45, 2.75) is 0 Å². The van der Waals surface area contributed by atoms with Gasteiger partial charge in [-0.25, -0.2) is 4.79 Å². The Morgan fingerprint density at radius 2 is 1.62 bits per heavy atom. The molecule has 0 aliphatic carbocycles. The van der Waals surface area contributed by atoms with Crippen LogP contribution in [-0.4, -0.2) is 25.3 Å². The number of nitrogens with two attached hydrogens (primary N) is 1. The van der Waals surface area contributed by atoms with Gasteiger partial charge in [-0.05, 0) is 12.1 Å². The number of benzene rings is 2. The minimum absolute atomic E-state index is 0.0169. The van der Waals surface area contributed by atoms with Crippen molar-refractivity contribution in [1.29, 1.82) is 0 Å². The van der Waals surface area contributed by atoms with Gasteiger partial charge in [0.1, 0.15) is 22.8 Å². The minimum atomic E-state index is -1.12. The predicted molar refractivity (Wildman–Crippen MR) is 77.4 cm³/mol. The third-order valence-corrected chi connectivity index (χ3v) is 2.82. The standard InChI is InChI=1S/C15H15NO5/c1-19-9-6-10(20-2)8-11(7-9)21-14-12(15(17)18)4-3-5-13(14)16/h3-8H,16H2,1-2H3,(H,17,18). The average Bonchev–Trinajstić information content (AvgIpc) is 2.48. The molecule has 2 rings (SSSR count). The second kappa shape index (κ2) is 6.04. The molecule has 0 aliphatic heterocycles. The van der Waals surface area contributed by atoms with E-state index >= 15 is 0 Å². The zero-order valence-electron chi connectivity index (χ0n) is 11.6. The van der Waals surface area contributed by atoms with Crippen molar-refractivity contribution < 1.29 is 24.1 Å². The Morgan fingerprint density at radius 1 is 1.05 bits per heavy atom. The van der Waals surface area contributed by atoms with Crippen LogP contribution < -0.4 is 19.9 Å². The summed E-state index contributed by atoms with van der Waals surface area (Å²) in [7, 11) is 3.02. The molecule has 0 atom stereocenters. The maximum Gasteiger partial charge on any atom is 0.339 e. The van der Waals surface area contributed by atoms with Crippen LogP contribution in [0.3, 0.4) is 0 Å². The highest BCUT2D eigenvalue weighted by atomic mass is 16.5. The van der Waals surface area contributed by atoms with Crippen LogP contribution in [0, 0.1) is 0 Å². The van der Waals surface area contributed by atoms with Crippen molar-refractivity contribution in [2.24, 2.45) is 0 Å². The van der Waals surface area contributed by atoms with Gasteiger partial charge in [-0.3, -0.25) is 0 Å². The largest absolute Gasteiger partial charge is 0.496 e.